The quantitative estimate of drug-likeness (QED) is 0.841. The van der Waals surface area contributed by atoms with E-state index in [4.69, 9.17) is 10.3 Å². The molecule has 1 heterocycles. The largest absolute Gasteiger partial charge is 0.360 e. The van der Waals surface area contributed by atoms with E-state index in [-0.39, 0.29) is 23.9 Å². The van der Waals surface area contributed by atoms with Crippen molar-refractivity contribution in [2.75, 3.05) is 6.54 Å². The number of carbonyl (C=O) groups excluding carboxylic acids is 1. The van der Waals surface area contributed by atoms with Gasteiger partial charge in [0.05, 0.1) is 5.69 Å². The Bertz CT molecular complexity index is 414. The van der Waals surface area contributed by atoms with E-state index in [9.17, 15) is 4.79 Å². The van der Waals surface area contributed by atoms with Crippen molar-refractivity contribution < 1.29 is 9.32 Å². The maximum Gasteiger partial charge on any atom is 0.256 e. The summed E-state index contributed by atoms with van der Waals surface area (Å²) in [5, 5.41) is 6.71. The Hall–Kier alpha value is -1.07. The number of nitrogens with zero attached hydrogens (tertiary/aromatic N) is 1. The highest BCUT2D eigenvalue weighted by Crippen LogP contribution is 2.15. The third kappa shape index (κ3) is 4.21. The zero-order valence-electron chi connectivity index (χ0n) is 12.1. The van der Waals surface area contributed by atoms with Gasteiger partial charge in [0.25, 0.3) is 5.91 Å². The minimum atomic E-state index is -0.340. The number of hydrogen-bond acceptors (Lipinski definition) is 4. The van der Waals surface area contributed by atoms with Crippen molar-refractivity contribution in [3.63, 3.8) is 0 Å². The van der Waals surface area contributed by atoms with E-state index in [2.05, 4.69) is 10.5 Å². The first-order chi connectivity index (χ1) is 8.47. The molecule has 0 atom stereocenters. The third-order valence-corrected chi connectivity index (χ3v) is 3.49. The number of halogens is 1. The van der Waals surface area contributed by atoms with E-state index in [1.54, 1.807) is 6.92 Å². The van der Waals surface area contributed by atoms with E-state index >= 15 is 0 Å². The fraction of sp³-hybridized carbons (Fsp3) is 0.692. The average Bonchev–Trinajstić information content (AvgIpc) is 2.76. The van der Waals surface area contributed by atoms with Crippen molar-refractivity contribution in [1.29, 1.82) is 0 Å². The van der Waals surface area contributed by atoms with Gasteiger partial charge in [-0.15, -0.1) is 12.4 Å². The van der Waals surface area contributed by atoms with Crippen molar-refractivity contribution in [3.8, 4) is 0 Å². The number of aromatic nitrogens is 1. The molecule has 0 saturated heterocycles. The number of rotatable bonds is 6. The highest BCUT2D eigenvalue weighted by atomic mass is 35.5. The molecule has 0 aliphatic carbocycles. The third-order valence-electron chi connectivity index (χ3n) is 3.49. The minimum absolute atomic E-state index is 0. The summed E-state index contributed by atoms with van der Waals surface area (Å²) in [6.45, 7) is 8.22. The molecule has 19 heavy (non-hydrogen) atoms. The molecule has 0 spiro atoms. The molecule has 110 valence electrons. The van der Waals surface area contributed by atoms with Crippen molar-refractivity contribution in [2.24, 2.45) is 5.73 Å². The average molecular weight is 290 g/mol. The first-order valence-corrected chi connectivity index (χ1v) is 6.49. The Morgan fingerprint density at radius 2 is 1.95 bits per heavy atom. The zero-order valence-corrected chi connectivity index (χ0v) is 12.9. The van der Waals surface area contributed by atoms with Crippen LogP contribution in [0.4, 0.5) is 0 Å². The molecule has 0 bridgehead atoms. The molecule has 1 aromatic heterocycles. The van der Waals surface area contributed by atoms with Crippen LogP contribution in [0.2, 0.25) is 0 Å². The lowest BCUT2D eigenvalue weighted by Crippen LogP contribution is -2.49. The summed E-state index contributed by atoms with van der Waals surface area (Å²) < 4.78 is 5.11. The summed E-state index contributed by atoms with van der Waals surface area (Å²) in [6.07, 6.45) is 2.30. The second-order valence-corrected chi connectivity index (χ2v) is 4.67. The molecule has 1 rings (SSSR count). The molecule has 0 aliphatic rings. The van der Waals surface area contributed by atoms with Crippen molar-refractivity contribution >= 4 is 18.3 Å². The summed E-state index contributed by atoms with van der Waals surface area (Å²) in [5.41, 5.74) is 6.99. The van der Waals surface area contributed by atoms with Crippen molar-refractivity contribution in [2.45, 2.75) is 52.5 Å². The second kappa shape index (κ2) is 7.50. The lowest BCUT2D eigenvalue weighted by molar-refractivity contribution is 0.0939. The predicted octanol–water partition coefficient (Wildman–Crippen LogP) is 2.21. The van der Waals surface area contributed by atoms with Crippen LogP contribution in [0.25, 0.3) is 0 Å². The topological polar surface area (TPSA) is 81.2 Å². The Kier molecular flexibility index (Phi) is 7.08. The lowest BCUT2D eigenvalue weighted by atomic mass is 9.94. The van der Waals surface area contributed by atoms with E-state index in [0.29, 0.717) is 30.0 Å². The zero-order chi connectivity index (χ0) is 13.8. The van der Waals surface area contributed by atoms with Crippen LogP contribution in [0.15, 0.2) is 4.52 Å². The molecule has 1 amide bonds. The van der Waals surface area contributed by atoms with Crippen LogP contribution in [0.5, 0.6) is 0 Å². The fourth-order valence-electron chi connectivity index (χ4n) is 1.79. The number of hydrogen-bond donors (Lipinski definition) is 2. The summed E-state index contributed by atoms with van der Waals surface area (Å²) >= 11 is 0. The van der Waals surface area contributed by atoms with Gasteiger partial charge in [-0.05, 0) is 19.8 Å². The van der Waals surface area contributed by atoms with Crippen molar-refractivity contribution in [1.82, 2.24) is 10.5 Å². The maximum absolute atomic E-state index is 12.1. The van der Waals surface area contributed by atoms with Crippen molar-refractivity contribution in [3.05, 3.63) is 17.0 Å². The van der Waals surface area contributed by atoms with Crippen LogP contribution in [0.1, 0.15) is 55.4 Å². The van der Waals surface area contributed by atoms with Crippen LogP contribution in [0, 0.1) is 6.92 Å². The molecule has 6 heteroatoms. The first-order valence-electron chi connectivity index (χ1n) is 6.49. The van der Waals surface area contributed by atoms with E-state index in [0.717, 1.165) is 12.8 Å². The number of nitrogens with two attached hydrogens (primary N) is 1. The van der Waals surface area contributed by atoms with Gasteiger partial charge in [-0.1, -0.05) is 25.9 Å². The Balaban J connectivity index is 0.00000324. The SMILES string of the molecule is CCc1onc(C)c1C(=O)NCC(N)(CC)CC.Cl. The Morgan fingerprint density at radius 1 is 1.37 bits per heavy atom. The summed E-state index contributed by atoms with van der Waals surface area (Å²) in [7, 11) is 0. The minimum Gasteiger partial charge on any atom is -0.360 e. The molecular formula is C13H24ClN3O2. The first kappa shape index (κ1) is 17.9. The van der Waals surface area contributed by atoms with Gasteiger partial charge in [0.1, 0.15) is 11.3 Å². The van der Waals surface area contributed by atoms with Gasteiger partial charge >= 0.3 is 0 Å². The van der Waals surface area contributed by atoms with Gasteiger partial charge in [0.2, 0.25) is 0 Å². The summed E-state index contributed by atoms with van der Waals surface area (Å²) in [5.74, 6) is 0.475. The van der Waals surface area contributed by atoms with Crippen LogP contribution >= 0.6 is 12.4 Å². The molecule has 0 aliphatic heterocycles. The fourth-order valence-corrected chi connectivity index (χ4v) is 1.79. The molecule has 0 aromatic carbocycles. The summed E-state index contributed by atoms with van der Waals surface area (Å²) in [4.78, 5) is 12.1. The number of nitrogens with one attached hydrogen (secondary N) is 1. The highest BCUT2D eigenvalue weighted by Gasteiger charge is 2.24. The molecular weight excluding hydrogens is 266 g/mol. The van der Waals surface area contributed by atoms with E-state index < -0.39 is 0 Å². The second-order valence-electron chi connectivity index (χ2n) is 4.67. The predicted molar refractivity (Wildman–Crippen MR) is 77.7 cm³/mol. The van der Waals surface area contributed by atoms with E-state index in [1.807, 2.05) is 20.8 Å². The van der Waals surface area contributed by atoms with Crippen LogP contribution < -0.4 is 11.1 Å². The van der Waals surface area contributed by atoms with Gasteiger partial charge in [-0.25, -0.2) is 0 Å². The van der Waals surface area contributed by atoms with Crippen LogP contribution in [-0.4, -0.2) is 23.1 Å². The van der Waals surface area contributed by atoms with Gasteiger partial charge in [0, 0.05) is 18.5 Å². The Morgan fingerprint density at radius 3 is 2.42 bits per heavy atom. The molecule has 1 aromatic rings. The van der Waals surface area contributed by atoms with Crippen LogP contribution in [0.3, 0.4) is 0 Å². The standard InChI is InChI=1S/C13H23N3O2.ClH/c1-5-10-11(9(4)16-18-10)12(17)15-8-13(14,6-2)7-3;/h5-8,14H2,1-4H3,(H,15,17);1H. The molecule has 5 nitrogen and oxygen atoms in total. The lowest BCUT2D eigenvalue weighted by Gasteiger charge is -2.26. The molecule has 0 fully saturated rings. The normalized spacial score (nSPS) is 11.0. The monoisotopic (exact) mass is 289 g/mol. The smallest absolute Gasteiger partial charge is 0.256 e. The molecule has 3 N–H and O–H groups in total. The number of aryl methyl sites for hydroxylation is 2. The maximum atomic E-state index is 12.1. The number of carbonyl (C=O) groups is 1. The highest BCUT2D eigenvalue weighted by molar-refractivity contribution is 5.96. The van der Waals surface area contributed by atoms with E-state index in [1.165, 1.54) is 0 Å². The van der Waals surface area contributed by atoms with Gasteiger partial charge < -0.3 is 15.6 Å². The summed E-state index contributed by atoms with van der Waals surface area (Å²) in [6, 6.07) is 0. The van der Waals surface area contributed by atoms with Crippen LogP contribution in [-0.2, 0) is 6.42 Å². The Labute approximate surface area is 120 Å². The molecule has 0 saturated carbocycles. The van der Waals surface area contributed by atoms with Gasteiger partial charge in [-0.3, -0.25) is 4.79 Å². The van der Waals surface area contributed by atoms with Gasteiger partial charge in [0.15, 0.2) is 0 Å². The molecule has 0 radical (unpaired) electrons. The van der Waals surface area contributed by atoms with Gasteiger partial charge in [-0.2, -0.15) is 0 Å². The molecule has 0 unspecified atom stereocenters. The number of amides is 1.